The van der Waals surface area contributed by atoms with Gasteiger partial charge in [0.15, 0.2) is 0 Å². The lowest BCUT2D eigenvalue weighted by Crippen LogP contribution is -2.42. The number of hydrogen-bond donors (Lipinski definition) is 0. The van der Waals surface area contributed by atoms with Crippen LogP contribution in [0.5, 0.6) is 5.75 Å². The maximum absolute atomic E-state index is 14.5. The first-order valence-electron chi connectivity index (χ1n) is 10.5. The Labute approximate surface area is 181 Å². The maximum Gasteiger partial charge on any atom is 0.410 e. The molecule has 2 aromatic carbocycles. The summed E-state index contributed by atoms with van der Waals surface area (Å²) < 4.78 is 27.3. The number of benzene rings is 2. The summed E-state index contributed by atoms with van der Waals surface area (Å²) in [7, 11) is 1.54. The highest BCUT2D eigenvalue weighted by atomic mass is 19.1. The molecule has 164 valence electrons. The predicted molar refractivity (Wildman–Crippen MR) is 118 cm³/mol. The number of methoxy groups -OCH3 is 1. The van der Waals surface area contributed by atoms with Gasteiger partial charge >= 0.3 is 6.09 Å². The third kappa shape index (κ3) is 4.50. The molecule has 0 saturated carbocycles. The second kappa shape index (κ2) is 8.21. The van der Waals surface area contributed by atoms with Gasteiger partial charge < -0.3 is 14.4 Å². The van der Waals surface area contributed by atoms with Crippen molar-refractivity contribution in [2.45, 2.75) is 45.3 Å². The molecule has 0 aliphatic carbocycles. The summed E-state index contributed by atoms with van der Waals surface area (Å²) in [5.41, 5.74) is 1.48. The fourth-order valence-electron chi connectivity index (χ4n) is 3.97. The molecule has 1 aliphatic heterocycles. The highest BCUT2D eigenvalue weighted by Gasteiger charge is 2.28. The third-order valence-corrected chi connectivity index (χ3v) is 5.50. The summed E-state index contributed by atoms with van der Waals surface area (Å²) >= 11 is 0. The second-order valence-electron chi connectivity index (χ2n) is 8.90. The van der Waals surface area contributed by atoms with Crippen molar-refractivity contribution >= 4 is 17.0 Å². The summed E-state index contributed by atoms with van der Waals surface area (Å²) in [5, 5.41) is 5.75. The van der Waals surface area contributed by atoms with E-state index in [9.17, 15) is 9.18 Å². The van der Waals surface area contributed by atoms with Crippen molar-refractivity contribution in [1.29, 1.82) is 0 Å². The summed E-state index contributed by atoms with van der Waals surface area (Å²) in [4.78, 5) is 14.0. The van der Waals surface area contributed by atoms with Gasteiger partial charge in [0.25, 0.3) is 0 Å². The number of halogens is 1. The van der Waals surface area contributed by atoms with E-state index in [0.29, 0.717) is 24.4 Å². The topological polar surface area (TPSA) is 56.6 Å². The number of fused-ring (bicyclic) bond motifs is 1. The zero-order chi connectivity index (χ0) is 22.2. The molecule has 31 heavy (non-hydrogen) atoms. The van der Waals surface area contributed by atoms with Gasteiger partial charge in [0, 0.05) is 24.7 Å². The Balaban J connectivity index is 1.52. The molecule has 6 nitrogen and oxygen atoms in total. The average molecular weight is 426 g/mol. The first-order chi connectivity index (χ1) is 14.7. The van der Waals surface area contributed by atoms with E-state index in [1.807, 2.05) is 49.8 Å². The average Bonchev–Trinajstić information content (AvgIpc) is 3.15. The van der Waals surface area contributed by atoms with Gasteiger partial charge in [-0.15, -0.1) is 0 Å². The molecule has 1 aliphatic rings. The minimum Gasteiger partial charge on any atom is -0.496 e. The lowest BCUT2D eigenvalue weighted by atomic mass is 10.0. The van der Waals surface area contributed by atoms with Crippen molar-refractivity contribution in [2.75, 3.05) is 20.2 Å². The normalized spacial score (nSPS) is 15.3. The molecule has 1 amide bonds. The Morgan fingerprint density at radius 2 is 1.90 bits per heavy atom. The van der Waals surface area contributed by atoms with Crippen LogP contribution < -0.4 is 4.74 Å². The second-order valence-corrected chi connectivity index (χ2v) is 8.90. The van der Waals surface area contributed by atoms with Crippen LogP contribution >= 0.6 is 0 Å². The van der Waals surface area contributed by atoms with Crippen molar-refractivity contribution in [3.8, 4) is 16.9 Å². The van der Waals surface area contributed by atoms with Crippen LogP contribution in [0.25, 0.3) is 22.0 Å². The van der Waals surface area contributed by atoms with E-state index >= 15 is 0 Å². The fraction of sp³-hybridized carbons (Fsp3) is 0.417. The van der Waals surface area contributed by atoms with E-state index in [0.717, 1.165) is 29.3 Å². The lowest BCUT2D eigenvalue weighted by molar-refractivity contribution is 0.0185. The largest absolute Gasteiger partial charge is 0.496 e. The van der Waals surface area contributed by atoms with Gasteiger partial charge in [-0.05, 0) is 57.4 Å². The number of piperidine rings is 1. The molecule has 2 heterocycles. The Bertz CT molecular complexity index is 1100. The van der Waals surface area contributed by atoms with Crippen LogP contribution in [0.2, 0.25) is 0 Å². The monoisotopic (exact) mass is 425 g/mol. The fourth-order valence-corrected chi connectivity index (χ4v) is 3.97. The predicted octanol–water partition coefficient (Wildman–Crippen LogP) is 5.42. The molecule has 3 aromatic rings. The quantitative estimate of drug-likeness (QED) is 0.562. The molecular formula is C24H28FN3O3. The SMILES string of the molecule is COc1cccc(F)c1-c1ccc2cn(C3CCN(C(=O)OC(C)(C)C)CC3)nc2c1. The first kappa shape index (κ1) is 21.2. The Morgan fingerprint density at radius 1 is 1.16 bits per heavy atom. The van der Waals surface area contributed by atoms with Gasteiger partial charge in [0.2, 0.25) is 0 Å². The highest BCUT2D eigenvalue weighted by Crippen LogP contribution is 2.34. The molecule has 0 radical (unpaired) electrons. The maximum atomic E-state index is 14.5. The minimum absolute atomic E-state index is 0.206. The highest BCUT2D eigenvalue weighted by molar-refractivity contribution is 5.85. The number of ether oxygens (including phenoxy) is 2. The molecule has 0 bridgehead atoms. The summed E-state index contributed by atoms with van der Waals surface area (Å²) in [5.74, 6) is 0.168. The number of rotatable bonds is 3. The molecule has 0 unspecified atom stereocenters. The number of carbonyl (C=O) groups is 1. The summed E-state index contributed by atoms with van der Waals surface area (Å²) in [6.45, 7) is 6.88. The van der Waals surface area contributed by atoms with Crippen LogP contribution in [-0.4, -0.2) is 46.6 Å². The molecule has 0 spiro atoms. The standard InChI is InChI=1S/C24H28FN3O3/c1-24(2,3)31-23(29)27-12-10-18(11-13-27)28-15-17-9-8-16(14-20(17)26-28)22-19(25)6-5-7-21(22)30-4/h5-9,14-15,18H,10-13H2,1-4H3. The molecule has 0 atom stereocenters. The van der Waals surface area contributed by atoms with E-state index in [1.54, 1.807) is 17.0 Å². The van der Waals surface area contributed by atoms with Crippen LogP contribution in [0.4, 0.5) is 9.18 Å². The molecule has 0 N–H and O–H groups in total. The number of carbonyl (C=O) groups excluding carboxylic acids is 1. The number of amides is 1. The molecule has 1 aromatic heterocycles. The van der Waals surface area contributed by atoms with Crippen LogP contribution in [0.3, 0.4) is 0 Å². The van der Waals surface area contributed by atoms with Crippen LogP contribution in [-0.2, 0) is 4.74 Å². The Morgan fingerprint density at radius 3 is 2.58 bits per heavy atom. The zero-order valence-corrected chi connectivity index (χ0v) is 18.4. The molecule has 7 heteroatoms. The molecule has 4 rings (SSSR count). The van der Waals surface area contributed by atoms with Crippen molar-refractivity contribution in [3.05, 3.63) is 48.4 Å². The van der Waals surface area contributed by atoms with Crippen molar-refractivity contribution in [1.82, 2.24) is 14.7 Å². The van der Waals surface area contributed by atoms with Crippen LogP contribution in [0.1, 0.15) is 39.7 Å². The van der Waals surface area contributed by atoms with E-state index in [-0.39, 0.29) is 18.0 Å². The van der Waals surface area contributed by atoms with Crippen LogP contribution in [0, 0.1) is 5.82 Å². The summed E-state index contributed by atoms with van der Waals surface area (Å²) in [6.07, 6.45) is 3.37. The van der Waals surface area contributed by atoms with Crippen molar-refractivity contribution in [3.63, 3.8) is 0 Å². The Kier molecular flexibility index (Phi) is 5.60. The first-order valence-corrected chi connectivity index (χ1v) is 10.5. The Hall–Kier alpha value is -3.09. The molecular weight excluding hydrogens is 397 g/mol. The number of nitrogens with zero attached hydrogens (tertiary/aromatic N) is 3. The van der Waals surface area contributed by atoms with Gasteiger partial charge in [0.05, 0.1) is 24.2 Å². The van der Waals surface area contributed by atoms with Gasteiger partial charge in [0.1, 0.15) is 17.2 Å². The van der Waals surface area contributed by atoms with E-state index < -0.39 is 5.60 Å². The van der Waals surface area contributed by atoms with Gasteiger partial charge in [-0.3, -0.25) is 4.68 Å². The van der Waals surface area contributed by atoms with Crippen molar-refractivity contribution < 1.29 is 18.7 Å². The number of aromatic nitrogens is 2. The number of hydrogen-bond acceptors (Lipinski definition) is 4. The molecule has 1 saturated heterocycles. The lowest BCUT2D eigenvalue weighted by Gasteiger charge is -2.33. The third-order valence-electron chi connectivity index (χ3n) is 5.50. The smallest absolute Gasteiger partial charge is 0.410 e. The van der Waals surface area contributed by atoms with Gasteiger partial charge in [-0.1, -0.05) is 18.2 Å². The van der Waals surface area contributed by atoms with Gasteiger partial charge in [-0.2, -0.15) is 5.10 Å². The van der Waals surface area contributed by atoms with Crippen LogP contribution in [0.15, 0.2) is 42.6 Å². The zero-order valence-electron chi connectivity index (χ0n) is 18.4. The summed E-state index contributed by atoms with van der Waals surface area (Å²) in [6, 6.07) is 10.8. The molecule has 1 fully saturated rings. The van der Waals surface area contributed by atoms with E-state index in [4.69, 9.17) is 14.6 Å². The number of likely N-dealkylation sites (tertiary alicyclic amines) is 1. The van der Waals surface area contributed by atoms with Crippen molar-refractivity contribution in [2.24, 2.45) is 0 Å². The minimum atomic E-state index is -0.494. The van der Waals surface area contributed by atoms with Gasteiger partial charge in [-0.25, -0.2) is 9.18 Å². The van der Waals surface area contributed by atoms with E-state index in [1.165, 1.54) is 13.2 Å². The van der Waals surface area contributed by atoms with E-state index in [2.05, 4.69) is 0 Å².